The average Bonchev–Trinajstić information content (AvgIpc) is 2.28. The number of hydrogen-bond donors (Lipinski definition) is 2. The largest absolute Gasteiger partial charge is 0.351 e. The van der Waals surface area contributed by atoms with Crippen molar-refractivity contribution in [3.8, 4) is 0 Å². The van der Waals surface area contributed by atoms with Gasteiger partial charge in [-0.25, -0.2) is 0 Å². The number of nitrogens with two attached hydrogens (primary N) is 1. The van der Waals surface area contributed by atoms with Crippen LogP contribution in [0.1, 0.15) is 33.6 Å². The highest BCUT2D eigenvalue weighted by Gasteiger charge is 2.23. The molecule has 1 aliphatic heterocycles. The normalized spacial score (nSPS) is 24.4. The number of rotatable bonds is 4. The van der Waals surface area contributed by atoms with Crippen LogP contribution < -0.4 is 11.1 Å². The first-order valence-corrected chi connectivity index (χ1v) is 6.33. The summed E-state index contributed by atoms with van der Waals surface area (Å²) >= 11 is 0. The van der Waals surface area contributed by atoms with Crippen LogP contribution in [0.15, 0.2) is 0 Å². The number of carbonyl (C=O) groups excluding carboxylic acids is 1. The lowest BCUT2D eigenvalue weighted by atomic mass is 10.0. The summed E-state index contributed by atoms with van der Waals surface area (Å²) in [4.78, 5) is 14.2. The van der Waals surface area contributed by atoms with E-state index in [9.17, 15) is 4.79 Å². The third-order valence-electron chi connectivity index (χ3n) is 3.32. The highest BCUT2D eigenvalue weighted by molar-refractivity contribution is 5.82. The summed E-state index contributed by atoms with van der Waals surface area (Å²) in [5, 5.41) is 3.06. The second kappa shape index (κ2) is 6.21. The molecule has 1 rings (SSSR count). The summed E-state index contributed by atoms with van der Waals surface area (Å²) in [6, 6.07) is -0.0944. The van der Waals surface area contributed by atoms with Gasteiger partial charge >= 0.3 is 0 Å². The summed E-state index contributed by atoms with van der Waals surface area (Å²) in [6.07, 6.45) is 2.24. The summed E-state index contributed by atoms with van der Waals surface area (Å²) in [6.45, 7) is 9.28. The van der Waals surface area contributed by atoms with Crippen molar-refractivity contribution in [1.29, 1.82) is 0 Å². The van der Waals surface area contributed by atoms with E-state index >= 15 is 0 Å². The van der Waals surface area contributed by atoms with E-state index < -0.39 is 0 Å². The third-order valence-corrected chi connectivity index (χ3v) is 3.32. The molecule has 4 heteroatoms. The minimum atomic E-state index is -0.378. The van der Waals surface area contributed by atoms with E-state index in [0.717, 1.165) is 32.5 Å². The SMILES string of the molecule is CCN1CCCC(NC(=O)C(N)C(C)C)C1. The van der Waals surface area contributed by atoms with E-state index in [4.69, 9.17) is 5.73 Å². The first-order chi connectivity index (χ1) is 7.54. The zero-order valence-electron chi connectivity index (χ0n) is 10.7. The molecule has 1 saturated heterocycles. The Hall–Kier alpha value is -0.610. The summed E-state index contributed by atoms with van der Waals surface area (Å²) in [5.41, 5.74) is 5.82. The molecular formula is C12H25N3O. The number of carbonyl (C=O) groups is 1. The van der Waals surface area contributed by atoms with Gasteiger partial charge in [-0.2, -0.15) is 0 Å². The molecule has 0 bridgehead atoms. The average molecular weight is 227 g/mol. The van der Waals surface area contributed by atoms with Gasteiger partial charge in [0.1, 0.15) is 0 Å². The summed E-state index contributed by atoms with van der Waals surface area (Å²) < 4.78 is 0. The predicted octanol–water partition coefficient (Wildman–Crippen LogP) is 0.570. The van der Waals surface area contributed by atoms with Crippen molar-refractivity contribution in [3.05, 3.63) is 0 Å². The van der Waals surface area contributed by atoms with Gasteiger partial charge in [0.25, 0.3) is 0 Å². The number of likely N-dealkylation sites (tertiary alicyclic amines) is 1. The number of piperidine rings is 1. The van der Waals surface area contributed by atoms with Gasteiger partial charge in [-0.05, 0) is 31.8 Å². The predicted molar refractivity (Wildman–Crippen MR) is 66.1 cm³/mol. The molecule has 0 aliphatic carbocycles. The van der Waals surface area contributed by atoms with Gasteiger partial charge in [-0.3, -0.25) is 4.79 Å². The van der Waals surface area contributed by atoms with Crippen LogP contribution in [0.25, 0.3) is 0 Å². The topological polar surface area (TPSA) is 58.4 Å². The maximum Gasteiger partial charge on any atom is 0.237 e. The summed E-state index contributed by atoms with van der Waals surface area (Å²) in [7, 11) is 0. The molecule has 1 amide bonds. The molecule has 94 valence electrons. The molecule has 2 unspecified atom stereocenters. The zero-order valence-corrected chi connectivity index (χ0v) is 10.7. The van der Waals surface area contributed by atoms with E-state index in [-0.39, 0.29) is 23.9 Å². The van der Waals surface area contributed by atoms with E-state index in [1.807, 2.05) is 13.8 Å². The minimum absolute atomic E-state index is 0.00190. The standard InChI is InChI=1S/C12H25N3O/c1-4-15-7-5-6-10(8-15)14-12(16)11(13)9(2)3/h9-11H,4-8,13H2,1-3H3,(H,14,16). The molecule has 1 fully saturated rings. The maximum atomic E-state index is 11.8. The fourth-order valence-electron chi connectivity index (χ4n) is 2.06. The molecule has 0 aromatic heterocycles. The van der Waals surface area contributed by atoms with Crippen LogP contribution in [0.3, 0.4) is 0 Å². The highest BCUT2D eigenvalue weighted by atomic mass is 16.2. The van der Waals surface area contributed by atoms with Crippen LogP contribution >= 0.6 is 0 Å². The molecule has 0 spiro atoms. The van der Waals surface area contributed by atoms with Crippen LogP contribution in [0.4, 0.5) is 0 Å². The Balaban J connectivity index is 2.38. The number of likely N-dealkylation sites (N-methyl/N-ethyl adjacent to an activating group) is 1. The van der Waals surface area contributed by atoms with Crippen molar-refractivity contribution in [2.75, 3.05) is 19.6 Å². The number of amides is 1. The lowest BCUT2D eigenvalue weighted by Crippen LogP contribution is -2.53. The Labute approximate surface area is 98.6 Å². The molecule has 1 aliphatic rings. The Kier molecular flexibility index (Phi) is 5.22. The Morgan fingerprint density at radius 2 is 2.25 bits per heavy atom. The molecule has 0 radical (unpaired) electrons. The van der Waals surface area contributed by atoms with Gasteiger partial charge in [0.05, 0.1) is 6.04 Å². The monoisotopic (exact) mass is 227 g/mol. The molecule has 1 heterocycles. The van der Waals surface area contributed by atoms with Gasteiger partial charge in [-0.1, -0.05) is 20.8 Å². The van der Waals surface area contributed by atoms with Gasteiger partial charge < -0.3 is 16.0 Å². The van der Waals surface area contributed by atoms with Crippen molar-refractivity contribution < 1.29 is 4.79 Å². The van der Waals surface area contributed by atoms with Crippen molar-refractivity contribution in [1.82, 2.24) is 10.2 Å². The lowest BCUT2D eigenvalue weighted by Gasteiger charge is -2.33. The van der Waals surface area contributed by atoms with Gasteiger partial charge in [0.2, 0.25) is 5.91 Å². The van der Waals surface area contributed by atoms with Gasteiger partial charge in [0, 0.05) is 12.6 Å². The second-order valence-electron chi connectivity index (χ2n) is 5.01. The molecule has 16 heavy (non-hydrogen) atoms. The fraction of sp³-hybridized carbons (Fsp3) is 0.917. The first-order valence-electron chi connectivity index (χ1n) is 6.33. The second-order valence-corrected chi connectivity index (χ2v) is 5.01. The van der Waals surface area contributed by atoms with Crippen LogP contribution in [-0.4, -0.2) is 42.5 Å². The van der Waals surface area contributed by atoms with Crippen molar-refractivity contribution in [2.45, 2.75) is 45.7 Å². The third kappa shape index (κ3) is 3.76. The quantitative estimate of drug-likeness (QED) is 0.738. The van der Waals surface area contributed by atoms with Crippen molar-refractivity contribution >= 4 is 5.91 Å². The lowest BCUT2D eigenvalue weighted by molar-refractivity contribution is -0.124. The smallest absolute Gasteiger partial charge is 0.237 e. The molecule has 4 nitrogen and oxygen atoms in total. The van der Waals surface area contributed by atoms with E-state index in [1.165, 1.54) is 0 Å². The van der Waals surface area contributed by atoms with Crippen LogP contribution in [0, 0.1) is 5.92 Å². The molecule has 0 aromatic carbocycles. The van der Waals surface area contributed by atoms with Crippen molar-refractivity contribution in [3.63, 3.8) is 0 Å². The molecule has 3 N–H and O–H groups in total. The number of nitrogens with zero attached hydrogens (tertiary/aromatic N) is 1. The number of hydrogen-bond acceptors (Lipinski definition) is 3. The molecule has 2 atom stereocenters. The van der Waals surface area contributed by atoms with Crippen LogP contribution in [0.2, 0.25) is 0 Å². The molecular weight excluding hydrogens is 202 g/mol. The molecule has 0 saturated carbocycles. The summed E-state index contributed by atoms with van der Waals surface area (Å²) in [5.74, 6) is 0.198. The highest BCUT2D eigenvalue weighted by Crippen LogP contribution is 2.10. The Morgan fingerprint density at radius 3 is 2.81 bits per heavy atom. The van der Waals surface area contributed by atoms with E-state index in [2.05, 4.69) is 17.1 Å². The molecule has 0 aromatic rings. The van der Waals surface area contributed by atoms with Crippen LogP contribution in [-0.2, 0) is 4.79 Å². The number of nitrogens with one attached hydrogen (secondary N) is 1. The fourth-order valence-corrected chi connectivity index (χ4v) is 2.06. The van der Waals surface area contributed by atoms with Gasteiger partial charge in [0.15, 0.2) is 0 Å². The first kappa shape index (κ1) is 13.5. The van der Waals surface area contributed by atoms with Gasteiger partial charge in [-0.15, -0.1) is 0 Å². The Bertz CT molecular complexity index is 230. The van der Waals surface area contributed by atoms with Crippen molar-refractivity contribution in [2.24, 2.45) is 11.7 Å². The van der Waals surface area contributed by atoms with E-state index in [1.54, 1.807) is 0 Å². The Morgan fingerprint density at radius 1 is 1.56 bits per heavy atom. The van der Waals surface area contributed by atoms with Crippen LogP contribution in [0.5, 0.6) is 0 Å². The minimum Gasteiger partial charge on any atom is -0.351 e. The maximum absolute atomic E-state index is 11.8. The van der Waals surface area contributed by atoms with E-state index in [0.29, 0.717) is 0 Å². The zero-order chi connectivity index (χ0) is 12.1.